The van der Waals surface area contributed by atoms with Gasteiger partial charge < -0.3 is 15.5 Å². The van der Waals surface area contributed by atoms with Gasteiger partial charge in [0.05, 0.1) is 12.5 Å². The highest BCUT2D eigenvalue weighted by molar-refractivity contribution is 5.92. The molecule has 1 aliphatic heterocycles. The minimum Gasteiger partial charge on any atom is -0.344 e. The number of carbonyl (C=O) groups is 3. The van der Waals surface area contributed by atoms with E-state index in [0.717, 1.165) is 23.8 Å². The summed E-state index contributed by atoms with van der Waals surface area (Å²) in [5.41, 5.74) is 1.15. The van der Waals surface area contributed by atoms with Gasteiger partial charge in [-0.25, -0.2) is 8.78 Å². The number of nitrogens with zero attached hydrogens (tertiary/aromatic N) is 1. The maximum Gasteiger partial charge on any atom is 0.246 e. The third-order valence-electron chi connectivity index (χ3n) is 5.68. The standard InChI is InChI=1S/C27H31F2N3O3/c1-17(2)16-32-24(20-8-5-4-6-9-20)11-7-10-23(27(32)35)31-26(34)18(3)30-25(33)14-19-12-21(28)15-22(29)13-19/h4-9,11-13,15,17-18,23-24H,10,14,16H2,1-3H3,(H,30,33)(H,31,34)/t18-,23?,24?/m0/s1. The van der Waals surface area contributed by atoms with Crippen molar-refractivity contribution in [2.24, 2.45) is 5.92 Å². The molecule has 6 nitrogen and oxygen atoms in total. The second kappa shape index (κ2) is 11.7. The van der Waals surface area contributed by atoms with Crippen molar-refractivity contribution in [1.29, 1.82) is 0 Å². The molecule has 3 rings (SSSR count). The zero-order valence-electron chi connectivity index (χ0n) is 20.1. The third-order valence-corrected chi connectivity index (χ3v) is 5.68. The van der Waals surface area contributed by atoms with Crippen LogP contribution in [0.1, 0.15) is 44.4 Å². The van der Waals surface area contributed by atoms with Gasteiger partial charge in [0.1, 0.15) is 23.7 Å². The van der Waals surface area contributed by atoms with Crippen molar-refractivity contribution in [2.45, 2.75) is 51.7 Å². The van der Waals surface area contributed by atoms with Crippen LogP contribution >= 0.6 is 0 Å². The van der Waals surface area contributed by atoms with Crippen LogP contribution in [-0.2, 0) is 20.8 Å². The van der Waals surface area contributed by atoms with Gasteiger partial charge in [0, 0.05) is 12.6 Å². The third kappa shape index (κ3) is 7.21. The second-order valence-electron chi connectivity index (χ2n) is 9.21. The molecule has 0 spiro atoms. The molecule has 0 aromatic heterocycles. The minimum atomic E-state index is -0.940. The molecule has 0 fully saturated rings. The van der Waals surface area contributed by atoms with Crippen LogP contribution in [0.2, 0.25) is 0 Å². The lowest BCUT2D eigenvalue weighted by Gasteiger charge is -2.33. The van der Waals surface area contributed by atoms with Crippen molar-refractivity contribution >= 4 is 17.7 Å². The van der Waals surface area contributed by atoms with E-state index in [2.05, 4.69) is 10.6 Å². The smallest absolute Gasteiger partial charge is 0.246 e. The molecule has 0 saturated heterocycles. The molecule has 0 bridgehead atoms. The van der Waals surface area contributed by atoms with E-state index < -0.39 is 35.5 Å². The van der Waals surface area contributed by atoms with Crippen molar-refractivity contribution in [2.75, 3.05) is 6.54 Å². The lowest BCUT2D eigenvalue weighted by atomic mass is 10.0. The number of nitrogens with one attached hydrogen (secondary N) is 2. The first-order chi connectivity index (χ1) is 16.6. The Balaban J connectivity index is 1.65. The lowest BCUT2D eigenvalue weighted by molar-refractivity contribution is -0.138. The molecular formula is C27H31F2N3O3. The maximum absolute atomic E-state index is 13.5. The van der Waals surface area contributed by atoms with Crippen LogP contribution in [-0.4, -0.2) is 41.2 Å². The molecule has 35 heavy (non-hydrogen) atoms. The molecular weight excluding hydrogens is 452 g/mol. The predicted molar refractivity (Wildman–Crippen MR) is 129 cm³/mol. The van der Waals surface area contributed by atoms with Gasteiger partial charge in [-0.15, -0.1) is 0 Å². The van der Waals surface area contributed by atoms with E-state index in [-0.39, 0.29) is 29.9 Å². The Morgan fingerprint density at radius 2 is 1.71 bits per heavy atom. The molecule has 3 amide bonds. The summed E-state index contributed by atoms with van der Waals surface area (Å²) < 4.78 is 26.7. The fourth-order valence-corrected chi connectivity index (χ4v) is 4.10. The summed E-state index contributed by atoms with van der Waals surface area (Å²) in [6.07, 6.45) is 3.91. The average Bonchev–Trinajstić information content (AvgIpc) is 2.92. The van der Waals surface area contributed by atoms with Gasteiger partial charge in [-0.1, -0.05) is 56.3 Å². The van der Waals surface area contributed by atoms with E-state index in [1.807, 2.05) is 56.3 Å². The zero-order valence-corrected chi connectivity index (χ0v) is 20.1. The van der Waals surface area contributed by atoms with E-state index in [4.69, 9.17) is 0 Å². The average molecular weight is 484 g/mol. The van der Waals surface area contributed by atoms with Crippen LogP contribution in [0.3, 0.4) is 0 Å². The monoisotopic (exact) mass is 483 g/mol. The maximum atomic E-state index is 13.5. The Morgan fingerprint density at radius 1 is 1.06 bits per heavy atom. The van der Waals surface area contributed by atoms with Crippen LogP contribution < -0.4 is 10.6 Å². The Labute approximate surface area is 204 Å². The summed E-state index contributed by atoms with van der Waals surface area (Å²) in [4.78, 5) is 40.4. The molecule has 1 aliphatic rings. The van der Waals surface area contributed by atoms with Crippen molar-refractivity contribution < 1.29 is 23.2 Å². The van der Waals surface area contributed by atoms with Crippen LogP contribution in [0.15, 0.2) is 60.7 Å². The fraction of sp³-hybridized carbons (Fsp3) is 0.370. The SMILES string of the molecule is CC(C)CN1C(=O)C(NC(=O)[C@H](C)NC(=O)Cc2cc(F)cc(F)c2)CC=CC1c1ccccc1. The highest BCUT2D eigenvalue weighted by Crippen LogP contribution is 2.27. The Morgan fingerprint density at radius 3 is 2.34 bits per heavy atom. The zero-order chi connectivity index (χ0) is 25.5. The predicted octanol–water partition coefficient (Wildman–Crippen LogP) is 3.68. The molecule has 0 aliphatic carbocycles. The number of carbonyl (C=O) groups excluding carboxylic acids is 3. The highest BCUT2D eigenvalue weighted by Gasteiger charge is 2.33. The number of hydrogen-bond acceptors (Lipinski definition) is 3. The molecule has 0 radical (unpaired) electrons. The molecule has 2 aromatic carbocycles. The van der Waals surface area contributed by atoms with E-state index in [1.165, 1.54) is 6.92 Å². The van der Waals surface area contributed by atoms with E-state index >= 15 is 0 Å². The van der Waals surface area contributed by atoms with Crippen LogP contribution in [0.4, 0.5) is 8.78 Å². The topological polar surface area (TPSA) is 78.5 Å². The summed E-state index contributed by atoms with van der Waals surface area (Å²) in [6.45, 7) is 6.07. The number of benzene rings is 2. The molecule has 2 unspecified atom stereocenters. The van der Waals surface area contributed by atoms with Crippen LogP contribution in [0, 0.1) is 17.6 Å². The molecule has 3 atom stereocenters. The highest BCUT2D eigenvalue weighted by atomic mass is 19.1. The van der Waals surface area contributed by atoms with Crippen LogP contribution in [0.5, 0.6) is 0 Å². The van der Waals surface area contributed by atoms with Crippen molar-refractivity contribution in [3.63, 3.8) is 0 Å². The first-order valence-electron chi connectivity index (χ1n) is 11.7. The summed E-state index contributed by atoms with van der Waals surface area (Å²) >= 11 is 0. The Hall–Kier alpha value is -3.55. The number of amides is 3. The first-order valence-corrected chi connectivity index (χ1v) is 11.7. The van der Waals surface area contributed by atoms with Gasteiger partial charge >= 0.3 is 0 Å². The lowest BCUT2D eigenvalue weighted by Crippen LogP contribution is -2.53. The molecule has 1 heterocycles. The molecule has 186 valence electrons. The Kier molecular flexibility index (Phi) is 8.73. The Bertz CT molecular complexity index is 1070. The fourth-order valence-electron chi connectivity index (χ4n) is 4.10. The quantitative estimate of drug-likeness (QED) is 0.563. The summed E-state index contributed by atoms with van der Waals surface area (Å²) in [5.74, 6) is -2.61. The van der Waals surface area contributed by atoms with Crippen molar-refractivity contribution in [3.05, 3.63) is 83.4 Å². The van der Waals surface area contributed by atoms with Gasteiger partial charge in [-0.3, -0.25) is 14.4 Å². The number of rotatable bonds is 8. The minimum absolute atomic E-state index is 0.160. The van der Waals surface area contributed by atoms with Gasteiger partial charge in [0.2, 0.25) is 17.7 Å². The largest absolute Gasteiger partial charge is 0.344 e. The molecule has 0 saturated carbocycles. The number of hydrogen-bond donors (Lipinski definition) is 2. The van der Waals surface area contributed by atoms with E-state index in [0.29, 0.717) is 13.0 Å². The number of halogens is 2. The first kappa shape index (κ1) is 26.1. The van der Waals surface area contributed by atoms with Crippen molar-refractivity contribution in [1.82, 2.24) is 15.5 Å². The normalized spacial score (nSPS) is 18.8. The molecule has 2 N–H and O–H groups in total. The van der Waals surface area contributed by atoms with Gasteiger partial charge in [0.15, 0.2) is 0 Å². The summed E-state index contributed by atoms with van der Waals surface area (Å²) in [7, 11) is 0. The van der Waals surface area contributed by atoms with Crippen molar-refractivity contribution in [3.8, 4) is 0 Å². The molecule has 2 aromatic rings. The van der Waals surface area contributed by atoms with E-state index in [9.17, 15) is 23.2 Å². The van der Waals surface area contributed by atoms with Crippen LogP contribution in [0.25, 0.3) is 0 Å². The van der Waals surface area contributed by atoms with Gasteiger partial charge in [0.25, 0.3) is 0 Å². The molecule has 8 heteroatoms. The van der Waals surface area contributed by atoms with Gasteiger partial charge in [-0.2, -0.15) is 0 Å². The summed E-state index contributed by atoms with van der Waals surface area (Å²) in [5, 5.41) is 5.28. The van der Waals surface area contributed by atoms with E-state index in [1.54, 1.807) is 4.90 Å². The summed E-state index contributed by atoms with van der Waals surface area (Å²) in [6, 6.07) is 10.6. The van der Waals surface area contributed by atoms with Gasteiger partial charge in [-0.05, 0) is 42.5 Å². The second-order valence-corrected chi connectivity index (χ2v) is 9.21.